The van der Waals surface area contributed by atoms with Crippen LogP contribution in [0.3, 0.4) is 0 Å². The Morgan fingerprint density at radius 3 is 2.62 bits per heavy atom. The third kappa shape index (κ3) is 4.98. The number of nitrogens with one attached hydrogen (secondary N) is 2. The monoisotopic (exact) mass is 540 g/mol. The molecule has 0 bridgehead atoms. The molecule has 1 aliphatic rings. The van der Waals surface area contributed by atoms with Gasteiger partial charge in [-0.1, -0.05) is 6.07 Å². The first-order valence-corrected chi connectivity index (χ1v) is 13.5. The lowest BCUT2D eigenvalue weighted by Gasteiger charge is -2.26. The lowest BCUT2D eigenvalue weighted by Crippen LogP contribution is -2.27. The number of amides is 1. The van der Waals surface area contributed by atoms with E-state index in [4.69, 9.17) is 19.1 Å². The number of aromatic nitrogens is 4. The van der Waals surface area contributed by atoms with Gasteiger partial charge in [0.1, 0.15) is 17.3 Å². The van der Waals surface area contributed by atoms with Crippen LogP contribution in [0.2, 0.25) is 0 Å². The van der Waals surface area contributed by atoms with E-state index in [-0.39, 0.29) is 18.1 Å². The summed E-state index contributed by atoms with van der Waals surface area (Å²) in [4.78, 5) is 31.2. The van der Waals surface area contributed by atoms with Crippen LogP contribution in [0.15, 0.2) is 47.0 Å². The topological polar surface area (TPSA) is 129 Å². The lowest BCUT2D eigenvalue weighted by atomic mass is 9.95. The van der Waals surface area contributed by atoms with Crippen molar-refractivity contribution < 1.29 is 19.1 Å². The maximum Gasteiger partial charge on any atom is 0.253 e. The summed E-state index contributed by atoms with van der Waals surface area (Å²) in [6, 6.07) is 11.4. The zero-order chi connectivity index (χ0) is 28.0. The number of carbonyl (C=O) groups excluding carboxylic acids is 1. The standard InChI is InChI=1S/C30H32N6O4/c1-16-13-19(29(38)36(3)4)6-11-23(16)33-30-34-27-26(28(35-30)40-21-9-7-20(37)8-10-21)22(15-31-27)18-5-12-24-25(14-18)39-17(2)32-24/h5-6,11-15,20-21,37H,7-10H2,1-4H3,(H2,31,33,34,35)/t20-,21-. The van der Waals surface area contributed by atoms with Crippen LogP contribution >= 0.6 is 0 Å². The first-order valence-electron chi connectivity index (χ1n) is 13.5. The van der Waals surface area contributed by atoms with Gasteiger partial charge in [0.25, 0.3) is 5.91 Å². The number of benzene rings is 2. The average molecular weight is 541 g/mol. The van der Waals surface area contributed by atoms with Crippen molar-refractivity contribution in [3.63, 3.8) is 0 Å². The second-order valence-corrected chi connectivity index (χ2v) is 10.6. The van der Waals surface area contributed by atoms with E-state index in [1.54, 1.807) is 25.1 Å². The molecule has 0 aliphatic heterocycles. The average Bonchev–Trinajstić information content (AvgIpc) is 3.53. The van der Waals surface area contributed by atoms with E-state index in [1.807, 2.05) is 50.4 Å². The van der Waals surface area contributed by atoms with E-state index in [1.165, 1.54) is 0 Å². The van der Waals surface area contributed by atoms with Gasteiger partial charge in [-0.25, -0.2) is 4.98 Å². The van der Waals surface area contributed by atoms with Crippen molar-refractivity contribution in [3.8, 4) is 17.0 Å². The van der Waals surface area contributed by atoms with Gasteiger partial charge in [0.2, 0.25) is 11.8 Å². The molecular weight excluding hydrogens is 508 g/mol. The Hall–Kier alpha value is -4.44. The number of aliphatic hydroxyl groups excluding tert-OH is 1. The van der Waals surface area contributed by atoms with Gasteiger partial charge in [0.05, 0.1) is 11.5 Å². The van der Waals surface area contributed by atoms with Crippen molar-refractivity contribution in [3.05, 3.63) is 59.6 Å². The predicted molar refractivity (Wildman–Crippen MR) is 153 cm³/mol. The quantitative estimate of drug-likeness (QED) is 0.257. The molecule has 10 nitrogen and oxygen atoms in total. The van der Waals surface area contributed by atoms with Crippen LogP contribution < -0.4 is 10.1 Å². The Kier molecular flexibility index (Phi) is 6.63. The van der Waals surface area contributed by atoms with Crippen LogP contribution in [-0.4, -0.2) is 62.2 Å². The van der Waals surface area contributed by atoms with E-state index in [0.29, 0.717) is 47.4 Å². The molecule has 5 aromatic rings. The molecule has 1 fully saturated rings. The number of aryl methyl sites for hydroxylation is 2. The molecule has 6 rings (SSSR count). The van der Waals surface area contributed by atoms with Gasteiger partial charge < -0.3 is 29.5 Å². The number of hydrogen-bond donors (Lipinski definition) is 3. The van der Waals surface area contributed by atoms with Gasteiger partial charge >= 0.3 is 0 Å². The van der Waals surface area contributed by atoms with E-state index in [2.05, 4.69) is 15.3 Å². The summed E-state index contributed by atoms with van der Waals surface area (Å²) in [6.07, 6.45) is 4.45. The minimum atomic E-state index is -0.285. The SMILES string of the molecule is Cc1nc2ccc(-c3c[nH]c4nc(Nc5ccc(C(=O)N(C)C)cc5C)nc(O[C@H]5CC[C@H](O)CC5)c34)cc2o1. The van der Waals surface area contributed by atoms with E-state index in [9.17, 15) is 9.90 Å². The number of aromatic amines is 1. The van der Waals surface area contributed by atoms with Crippen molar-refractivity contribution in [1.29, 1.82) is 0 Å². The van der Waals surface area contributed by atoms with E-state index >= 15 is 0 Å². The number of oxazole rings is 1. The molecule has 3 aromatic heterocycles. The number of H-pyrrole nitrogens is 1. The van der Waals surface area contributed by atoms with Crippen molar-refractivity contribution in [2.45, 2.75) is 51.7 Å². The minimum Gasteiger partial charge on any atom is -0.474 e. The van der Waals surface area contributed by atoms with E-state index in [0.717, 1.165) is 46.1 Å². The van der Waals surface area contributed by atoms with Gasteiger partial charge in [-0.15, -0.1) is 0 Å². The minimum absolute atomic E-state index is 0.0572. The Bertz CT molecular complexity index is 1710. The molecule has 3 heterocycles. The van der Waals surface area contributed by atoms with Gasteiger partial charge in [-0.2, -0.15) is 9.97 Å². The second-order valence-electron chi connectivity index (χ2n) is 10.6. The van der Waals surface area contributed by atoms with Crippen LogP contribution in [0.4, 0.5) is 11.6 Å². The predicted octanol–water partition coefficient (Wildman–Crippen LogP) is 5.51. The fourth-order valence-electron chi connectivity index (χ4n) is 5.21. The van der Waals surface area contributed by atoms with Crippen LogP contribution in [0.1, 0.15) is 47.5 Å². The summed E-state index contributed by atoms with van der Waals surface area (Å²) >= 11 is 0. The summed E-state index contributed by atoms with van der Waals surface area (Å²) in [5.41, 5.74) is 6.26. The number of aliphatic hydroxyl groups is 1. The number of carbonyl (C=O) groups is 1. The van der Waals surface area contributed by atoms with Crippen LogP contribution in [-0.2, 0) is 0 Å². The Morgan fingerprint density at radius 1 is 1.07 bits per heavy atom. The van der Waals surface area contributed by atoms with Gasteiger partial charge in [-0.05, 0) is 74.1 Å². The van der Waals surface area contributed by atoms with Gasteiger partial charge in [-0.3, -0.25) is 4.79 Å². The molecule has 2 aromatic carbocycles. The number of fused-ring (bicyclic) bond motifs is 2. The molecule has 0 atom stereocenters. The number of anilines is 2. The molecule has 3 N–H and O–H groups in total. The number of hydrogen-bond acceptors (Lipinski definition) is 8. The fourth-order valence-corrected chi connectivity index (χ4v) is 5.21. The van der Waals surface area contributed by atoms with Crippen molar-refractivity contribution in [2.24, 2.45) is 0 Å². The molecule has 1 saturated carbocycles. The molecule has 40 heavy (non-hydrogen) atoms. The Morgan fingerprint density at radius 2 is 1.88 bits per heavy atom. The van der Waals surface area contributed by atoms with Crippen molar-refractivity contribution in [2.75, 3.05) is 19.4 Å². The maximum atomic E-state index is 12.4. The highest BCUT2D eigenvalue weighted by Gasteiger charge is 2.24. The number of ether oxygens (including phenoxy) is 1. The second kappa shape index (κ2) is 10.3. The first kappa shape index (κ1) is 25.8. The molecule has 0 unspecified atom stereocenters. The van der Waals surface area contributed by atoms with Gasteiger partial charge in [0.15, 0.2) is 11.5 Å². The smallest absolute Gasteiger partial charge is 0.253 e. The third-order valence-electron chi connectivity index (χ3n) is 7.35. The highest BCUT2D eigenvalue weighted by atomic mass is 16.5. The molecule has 10 heteroatoms. The third-order valence-corrected chi connectivity index (χ3v) is 7.35. The van der Waals surface area contributed by atoms with E-state index < -0.39 is 0 Å². The highest BCUT2D eigenvalue weighted by Crippen LogP contribution is 2.37. The first-order chi connectivity index (χ1) is 19.2. The number of nitrogens with zero attached hydrogens (tertiary/aromatic N) is 4. The molecule has 0 spiro atoms. The molecule has 0 radical (unpaired) electrons. The molecule has 1 aliphatic carbocycles. The summed E-state index contributed by atoms with van der Waals surface area (Å²) < 4.78 is 12.3. The lowest BCUT2D eigenvalue weighted by molar-refractivity contribution is 0.0652. The molecule has 0 saturated heterocycles. The van der Waals surface area contributed by atoms with Gasteiger partial charge in [0, 0.05) is 44.0 Å². The van der Waals surface area contributed by atoms with Crippen LogP contribution in [0.25, 0.3) is 33.3 Å². The molecule has 1 amide bonds. The summed E-state index contributed by atoms with van der Waals surface area (Å²) in [5, 5.41) is 14.1. The Labute approximate surface area is 231 Å². The number of rotatable bonds is 6. The van der Waals surface area contributed by atoms with Crippen molar-refractivity contribution >= 4 is 39.7 Å². The molecular formula is C30H32N6O4. The Balaban J connectivity index is 1.39. The normalized spacial score (nSPS) is 17.3. The zero-order valence-corrected chi connectivity index (χ0v) is 23.0. The summed E-state index contributed by atoms with van der Waals surface area (Å²) in [6.45, 7) is 3.77. The van der Waals surface area contributed by atoms with Crippen molar-refractivity contribution in [1.82, 2.24) is 24.8 Å². The fraction of sp³-hybridized carbons (Fsp3) is 0.333. The zero-order valence-electron chi connectivity index (χ0n) is 23.0. The summed E-state index contributed by atoms with van der Waals surface area (Å²) in [5.74, 6) is 1.40. The largest absolute Gasteiger partial charge is 0.474 e. The summed E-state index contributed by atoms with van der Waals surface area (Å²) in [7, 11) is 3.47. The van der Waals surface area contributed by atoms with Crippen LogP contribution in [0.5, 0.6) is 5.88 Å². The molecule has 206 valence electrons. The van der Waals surface area contributed by atoms with Crippen LogP contribution in [0, 0.1) is 13.8 Å². The highest BCUT2D eigenvalue weighted by molar-refractivity contribution is 5.99. The maximum absolute atomic E-state index is 12.4.